The summed E-state index contributed by atoms with van der Waals surface area (Å²) in [6, 6.07) is 0. The Hall–Kier alpha value is -1.05. The van der Waals surface area contributed by atoms with Gasteiger partial charge in [0.05, 0.1) is 5.84 Å². The smallest absolute Gasteiger partial charge is 0.0995 e. The van der Waals surface area contributed by atoms with Crippen LogP contribution >= 0.6 is 0 Å². The lowest BCUT2D eigenvalue weighted by atomic mass is 10.0. The number of rotatable bonds is 2. The van der Waals surface area contributed by atoms with Gasteiger partial charge in [-0.05, 0) is 13.3 Å². The molecule has 2 heteroatoms. The lowest BCUT2D eigenvalue weighted by Crippen LogP contribution is -2.15. The lowest BCUT2D eigenvalue weighted by molar-refractivity contribution is 0.908. The molecule has 1 aliphatic heterocycles. The number of amidine groups is 1. The number of allylic oxidation sites excluding steroid dienone is 2. The van der Waals surface area contributed by atoms with Crippen LogP contribution in [0.15, 0.2) is 28.9 Å². The van der Waals surface area contributed by atoms with E-state index in [4.69, 9.17) is 5.73 Å². The van der Waals surface area contributed by atoms with Gasteiger partial charge in [0.2, 0.25) is 0 Å². The highest BCUT2D eigenvalue weighted by Gasteiger charge is 2.07. The summed E-state index contributed by atoms with van der Waals surface area (Å²) >= 11 is 0. The van der Waals surface area contributed by atoms with Gasteiger partial charge >= 0.3 is 0 Å². The molecule has 11 heavy (non-hydrogen) atoms. The second-order valence-corrected chi connectivity index (χ2v) is 2.82. The van der Waals surface area contributed by atoms with E-state index in [1.165, 1.54) is 5.57 Å². The van der Waals surface area contributed by atoms with Crippen molar-refractivity contribution in [3.63, 3.8) is 0 Å². The molecule has 0 saturated carbocycles. The van der Waals surface area contributed by atoms with E-state index < -0.39 is 0 Å². The zero-order valence-electron chi connectivity index (χ0n) is 6.93. The third kappa shape index (κ3) is 1.93. The topological polar surface area (TPSA) is 38.4 Å². The van der Waals surface area contributed by atoms with Crippen molar-refractivity contribution in [1.29, 1.82) is 0 Å². The molecule has 0 aromatic rings. The van der Waals surface area contributed by atoms with Gasteiger partial charge < -0.3 is 5.73 Å². The van der Waals surface area contributed by atoms with Crippen LogP contribution in [0.3, 0.4) is 0 Å². The van der Waals surface area contributed by atoms with Crippen molar-refractivity contribution in [3.05, 3.63) is 23.9 Å². The number of nitrogens with two attached hydrogens (primary N) is 1. The Morgan fingerprint density at radius 3 is 3.00 bits per heavy atom. The summed E-state index contributed by atoms with van der Waals surface area (Å²) in [5.74, 6) is 0.757. The summed E-state index contributed by atoms with van der Waals surface area (Å²) in [7, 11) is 0. The van der Waals surface area contributed by atoms with Crippen molar-refractivity contribution in [2.24, 2.45) is 10.7 Å². The molecule has 1 heterocycles. The summed E-state index contributed by atoms with van der Waals surface area (Å²) < 4.78 is 0. The fourth-order valence-corrected chi connectivity index (χ4v) is 1.14. The number of hydrogen-bond acceptors (Lipinski definition) is 2. The largest absolute Gasteiger partial charge is 0.387 e. The molecule has 0 aliphatic carbocycles. The minimum Gasteiger partial charge on any atom is -0.387 e. The van der Waals surface area contributed by atoms with Gasteiger partial charge in [-0.25, -0.2) is 4.99 Å². The Morgan fingerprint density at radius 1 is 1.64 bits per heavy atom. The molecule has 2 nitrogen and oxygen atoms in total. The first-order valence-corrected chi connectivity index (χ1v) is 3.86. The standard InChI is InChI=1S/C9H14N2/c1-3-4-8-7(2)5-6-9(10)11-8/h3H,1,4-6H2,2H3,(H2,10,11). The summed E-state index contributed by atoms with van der Waals surface area (Å²) in [4.78, 5) is 4.26. The van der Waals surface area contributed by atoms with Gasteiger partial charge in [0.25, 0.3) is 0 Å². The molecule has 2 N–H and O–H groups in total. The third-order valence-corrected chi connectivity index (χ3v) is 1.87. The second kappa shape index (κ2) is 3.37. The Balaban J connectivity index is 2.79. The highest BCUT2D eigenvalue weighted by Crippen LogP contribution is 2.20. The lowest BCUT2D eigenvalue weighted by Gasteiger charge is -2.12. The fourth-order valence-electron chi connectivity index (χ4n) is 1.14. The monoisotopic (exact) mass is 150 g/mol. The van der Waals surface area contributed by atoms with E-state index in [1.54, 1.807) is 0 Å². The van der Waals surface area contributed by atoms with Gasteiger partial charge in [-0.1, -0.05) is 11.6 Å². The third-order valence-electron chi connectivity index (χ3n) is 1.87. The van der Waals surface area contributed by atoms with Crippen molar-refractivity contribution in [2.45, 2.75) is 26.2 Å². The van der Waals surface area contributed by atoms with E-state index in [2.05, 4.69) is 18.5 Å². The summed E-state index contributed by atoms with van der Waals surface area (Å²) in [6.45, 7) is 5.78. The Labute approximate surface area is 67.5 Å². The van der Waals surface area contributed by atoms with Crippen LogP contribution in [0.25, 0.3) is 0 Å². The van der Waals surface area contributed by atoms with Crippen LogP contribution in [-0.2, 0) is 0 Å². The first kappa shape index (κ1) is 8.05. The molecule has 60 valence electrons. The first-order valence-electron chi connectivity index (χ1n) is 3.86. The number of aliphatic imine (C=N–C) groups is 1. The molecule has 0 unspecified atom stereocenters. The zero-order valence-corrected chi connectivity index (χ0v) is 6.93. The molecule has 0 aromatic heterocycles. The SMILES string of the molecule is C=CCC1=C(C)CCC(N)=N1. The van der Waals surface area contributed by atoms with Crippen molar-refractivity contribution >= 4 is 5.84 Å². The van der Waals surface area contributed by atoms with E-state index >= 15 is 0 Å². The average Bonchev–Trinajstić information content (AvgIpc) is 1.98. The van der Waals surface area contributed by atoms with Crippen LogP contribution in [0, 0.1) is 0 Å². The normalized spacial score (nSPS) is 18.1. The summed E-state index contributed by atoms with van der Waals surface area (Å²) in [6.07, 6.45) is 4.67. The van der Waals surface area contributed by atoms with E-state index in [0.29, 0.717) is 0 Å². The minimum atomic E-state index is 0.757. The molecule has 0 atom stereocenters. The van der Waals surface area contributed by atoms with Gasteiger partial charge in [0, 0.05) is 18.5 Å². The quantitative estimate of drug-likeness (QED) is 0.600. The molecular formula is C9H14N2. The Kier molecular flexibility index (Phi) is 2.47. The van der Waals surface area contributed by atoms with Gasteiger partial charge in [-0.15, -0.1) is 6.58 Å². The zero-order chi connectivity index (χ0) is 8.27. The van der Waals surface area contributed by atoms with Crippen molar-refractivity contribution < 1.29 is 0 Å². The summed E-state index contributed by atoms with van der Waals surface area (Å²) in [5, 5.41) is 0. The molecule has 0 amide bonds. The summed E-state index contributed by atoms with van der Waals surface area (Å²) in [5.41, 5.74) is 8.05. The van der Waals surface area contributed by atoms with Gasteiger partial charge in [0.1, 0.15) is 0 Å². The molecule has 0 fully saturated rings. The second-order valence-electron chi connectivity index (χ2n) is 2.82. The highest BCUT2D eigenvalue weighted by molar-refractivity contribution is 5.82. The van der Waals surface area contributed by atoms with E-state index in [-0.39, 0.29) is 0 Å². The van der Waals surface area contributed by atoms with Crippen LogP contribution in [0.5, 0.6) is 0 Å². The Morgan fingerprint density at radius 2 is 2.36 bits per heavy atom. The minimum absolute atomic E-state index is 0.757. The average molecular weight is 150 g/mol. The van der Waals surface area contributed by atoms with Crippen molar-refractivity contribution in [3.8, 4) is 0 Å². The van der Waals surface area contributed by atoms with Gasteiger partial charge in [0.15, 0.2) is 0 Å². The van der Waals surface area contributed by atoms with E-state index in [9.17, 15) is 0 Å². The molecule has 1 aliphatic rings. The molecule has 0 aromatic carbocycles. The van der Waals surface area contributed by atoms with Crippen LogP contribution in [-0.4, -0.2) is 5.84 Å². The molecule has 0 spiro atoms. The number of nitrogens with zero attached hydrogens (tertiary/aromatic N) is 1. The van der Waals surface area contributed by atoms with E-state index in [1.807, 2.05) is 6.08 Å². The van der Waals surface area contributed by atoms with Crippen molar-refractivity contribution in [2.75, 3.05) is 0 Å². The van der Waals surface area contributed by atoms with Crippen LogP contribution in [0.2, 0.25) is 0 Å². The van der Waals surface area contributed by atoms with Crippen LogP contribution < -0.4 is 5.73 Å². The Bertz CT molecular complexity index is 224. The molecule has 0 bridgehead atoms. The predicted molar refractivity (Wildman–Crippen MR) is 48.4 cm³/mol. The number of hydrogen-bond donors (Lipinski definition) is 1. The van der Waals surface area contributed by atoms with Crippen molar-refractivity contribution in [1.82, 2.24) is 0 Å². The molecular weight excluding hydrogens is 136 g/mol. The van der Waals surface area contributed by atoms with Crippen LogP contribution in [0.4, 0.5) is 0 Å². The maximum absolute atomic E-state index is 5.60. The van der Waals surface area contributed by atoms with E-state index in [0.717, 1.165) is 30.8 Å². The van der Waals surface area contributed by atoms with Gasteiger partial charge in [-0.2, -0.15) is 0 Å². The maximum atomic E-state index is 5.60. The fraction of sp³-hybridized carbons (Fsp3) is 0.444. The highest BCUT2D eigenvalue weighted by atomic mass is 14.9. The van der Waals surface area contributed by atoms with Crippen LogP contribution in [0.1, 0.15) is 26.2 Å². The molecule has 0 saturated heterocycles. The first-order chi connectivity index (χ1) is 5.24. The predicted octanol–water partition coefficient (Wildman–Crippen LogP) is 1.99. The van der Waals surface area contributed by atoms with Gasteiger partial charge in [-0.3, -0.25) is 0 Å². The molecule has 1 rings (SSSR count). The maximum Gasteiger partial charge on any atom is 0.0995 e. The molecule has 0 radical (unpaired) electrons.